The van der Waals surface area contributed by atoms with Gasteiger partial charge in [0.15, 0.2) is 6.61 Å². The van der Waals surface area contributed by atoms with Crippen molar-refractivity contribution in [3.63, 3.8) is 0 Å². The Balaban J connectivity index is 1.80. The van der Waals surface area contributed by atoms with E-state index in [0.717, 1.165) is 31.2 Å². The van der Waals surface area contributed by atoms with Gasteiger partial charge < -0.3 is 21.1 Å². The van der Waals surface area contributed by atoms with E-state index in [1.807, 2.05) is 6.07 Å². The zero-order valence-electron chi connectivity index (χ0n) is 16.5. The molecule has 1 aliphatic carbocycles. The number of carbonyl (C=O) groups is 4. The molecule has 0 aliphatic heterocycles. The summed E-state index contributed by atoms with van der Waals surface area (Å²) in [5.74, 6) is -1.22. The van der Waals surface area contributed by atoms with Crippen LogP contribution in [0, 0.1) is 5.92 Å². The highest BCUT2D eigenvalue weighted by Crippen LogP contribution is 2.23. The zero-order valence-corrected chi connectivity index (χ0v) is 16.5. The summed E-state index contributed by atoms with van der Waals surface area (Å²) in [5, 5.41) is 7.24. The van der Waals surface area contributed by atoms with Crippen molar-refractivity contribution < 1.29 is 23.9 Å². The number of nitrogens with one attached hydrogen (secondary N) is 3. The maximum absolute atomic E-state index is 12.3. The standard InChI is InChI=1S/C20H28N4O5/c1-13-7-5-6-10-15(13)23-20(28)24-17(25)12-29-18(26)16(22-19(21)27)11-14-8-3-2-4-9-14/h2-4,8-9,13,15-16H,5-7,10-12H2,1H3,(H3,21,22,27)(H2,23,24,25,28)/t13-,15-,16+/m1/s1. The van der Waals surface area contributed by atoms with Crippen molar-refractivity contribution in [1.29, 1.82) is 0 Å². The first-order chi connectivity index (χ1) is 13.8. The lowest BCUT2D eigenvalue weighted by atomic mass is 9.86. The number of benzene rings is 1. The Morgan fingerprint density at radius 2 is 1.83 bits per heavy atom. The monoisotopic (exact) mass is 404 g/mol. The molecule has 2 rings (SSSR count). The van der Waals surface area contributed by atoms with Gasteiger partial charge in [0.05, 0.1) is 0 Å². The Hall–Kier alpha value is -3.10. The fourth-order valence-corrected chi connectivity index (χ4v) is 3.35. The van der Waals surface area contributed by atoms with Gasteiger partial charge in [-0.25, -0.2) is 14.4 Å². The maximum Gasteiger partial charge on any atom is 0.329 e. The molecule has 1 fully saturated rings. The van der Waals surface area contributed by atoms with E-state index in [9.17, 15) is 19.2 Å². The minimum Gasteiger partial charge on any atom is -0.454 e. The summed E-state index contributed by atoms with van der Waals surface area (Å²) in [6.07, 6.45) is 4.24. The van der Waals surface area contributed by atoms with Crippen molar-refractivity contribution in [3.8, 4) is 0 Å². The number of urea groups is 2. The van der Waals surface area contributed by atoms with Gasteiger partial charge in [0.1, 0.15) is 6.04 Å². The van der Waals surface area contributed by atoms with Crippen LogP contribution < -0.4 is 21.7 Å². The van der Waals surface area contributed by atoms with E-state index >= 15 is 0 Å². The van der Waals surface area contributed by atoms with Gasteiger partial charge in [0, 0.05) is 12.5 Å². The first-order valence-corrected chi connectivity index (χ1v) is 9.72. The van der Waals surface area contributed by atoms with Gasteiger partial charge in [-0.05, 0) is 24.3 Å². The second-order valence-corrected chi connectivity index (χ2v) is 7.25. The van der Waals surface area contributed by atoms with E-state index < -0.39 is 36.6 Å². The molecule has 0 aromatic heterocycles. The molecule has 9 heteroatoms. The third-order valence-electron chi connectivity index (χ3n) is 4.91. The molecule has 3 atom stereocenters. The average molecular weight is 404 g/mol. The molecule has 1 saturated carbocycles. The van der Waals surface area contributed by atoms with E-state index in [2.05, 4.69) is 22.9 Å². The van der Waals surface area contributed by atoms with Crippen LogP contribution in [0.4, 0.5) is 9.59 Å². The summed E-state index contributed by atoms with van der Waals surface area (Å²) >= 11 is 0. The van der Waals surface area contributed by atoms with Crippen LogP contribution >= 0.6 is 0 Å². The van der Waals surface area contributed by atoms with Crippen molar-refractivity contribution in [2.45, 2.75) is 51.1 Å². The molecule has 0 heterocycles. The SMILES string of the molecule is C[C@@H]1CCCC[C@H]1NC(=O)NC(=O)COC(=O)[C@H](Cc1ccccc1)NC(N)=O. The van der Waals surface area contributed by atoms with Gasteiger partial charge in [-0.1, -0.05) is 50.1 Å². The van der Waals surface area contributed by atoms with Crippen LogP contribution in [-0.2, 0) is 20.7 Å². The third kappa shape index (κ3) is 7.81. The molecule has 158 valence electrons. The molecule has 0 unspecified atom stereocenters. The Morgan fingerprint density at radius 1 is 1.14 bits per heavy atom. The van der Waals surface area contributed by atoms with Crippen LogP contribution in [0.15, 0.2) is 30.3 Å². The van der Waals surface area contributed by atoms with Crippen molar-refractivity contribution in [2.75, 3.05) is 6.61 Å². The van der Waals surface area contributed by atoms with E-state index in [1.54, 1.807) is 24.3 Å². The molecule has 0 bridgehead atoms. The van der Waals surface area contributed by atoms with E-state index in [0.29, 0.717) is 5.92 Å². The van der Waals surface area contributed by atoms with E-state index in [4.69, 9.17) is 10.5 Å². The van der Waals surface area contributed by atoms with Crippen molar-refractivity contribution in [2.24, 2.45) is 11.7 Å². The van der Waals surface area contributed by atoms with Gasteiger partial charge in [-0.3, -0.25) is 10.1 Å². The molecule has 5 N–H and O–H groups in total. The first-order valence-electron chi connectivity index (χ1n) is 9.72. The fraction of sp³-hybridized carbons (Fsp3) is 0.500. The Labute approximate surface area is 169 Å². The number of imide groups is 1. The molecule has 5 amide bonds. The van der Waals surface area contributed by atoms with E-state index in [1.165, 1.54) is 0 Å². The van der Waals surface area contributed by atoms with Gasteiger partial charge >= 0.3 is 18.0 Å². The second-order valence-electron chi connectivity index (χ2n) is 7.25. The summed E-state index contributed by atoms with van der Waals surface area (Å²) < 4.78 is 4.95. The molecule has 9 nitrogen and oxygen atoms in total. The highest BCUT2D eigenvalue weighted by Gasteiger charge is 2.25. The lowest BCUT2D eigenvalue weighted by Crippen LogP contribution is -2.49. The van der Waals surface area contributed by atoms with Crippen LogP contribution in [-0.4, -0.2) is 42.6 Å². The molecule has 1 aliphatic rings. The van der Waals surface area contributed by atoms with Crippen molar-refractivity contribution >= 4 is 23.9 Å². The number of carbonyl (C=O) groups excluding carboxylic acids is 4. The van der Waals surface area contributed by atoms with Crippen molar-refractivity contribution in [1.82, 2.24) is 16.0 Å². The molecule has 0 radical (unpaired) electrons. The quantitative estimate of drug-likeness (QED) is 0.506. The minimum absolute atomic E-state index is 0.0223. The van der Waals surface area contributed by atoms with Gasteiger partial charge in [0.25, 0.3) is 5.91 Å². The van der Waals surface area contributed by atoms with Crippen LogP contribution in [0.2, 0.25) is 0 Å². The maximum atomic E-state index is 12.3. The normalized spacial score (nSPS) is 19.5. The summed E-state index contributed by atoms with van der Waals surface area (Å²) in [6.45, 7) is 1.42. The average Bonchev–Trinajstić information content (AvgIpc) is 2.68. The number of hydrogen-bond donors (Lipinski definition) is 4. The number of ether oxygens (including phenoxy) is 1. The molecule has 29 heavy (non-hydrogen) atoms. The number of nitrogens with two attached hydrogens (primary N) is 1. The smallest absolute Gasteiger partial charge is 0.329 e. The number of primary amides is 1. The predicted molar refractivity (Wildman–Crippen MR) is 106 cm³/mol. The second kappa shape index (κ2) is 11.0. The fourth-order valence-electron chi connectivity index (χ4n) is 3.35. The van der Waals surface area contributed by atoms with Crippen LogP contribution in [0.1, 0.15) is 38.2 Å². The topological polar surface area (TPSA) is 140 Å². The summed E-state index contributed by atoms with van der Waals surface area (Å²) in [4.78, 5) is 47.3. The van der Waals surface area contributed by atoms with Gasteiger partial charge in [-0.15, -0.1) is 0 Å². The Bertz CT molecular complexity index is 725. The molecule has 1 aromatic carbocycles. The number of amides is 5. The predicted octanol–water partition coefficient (Wildman–Crippen LogP) is 1.21. The largest absolute Gasteiger partial charge is 0.454 e. The molecular weight excluding hydrogens is 376 g/mol. The van der Waals surface area contributed by atoms with E-state index in [-0.39, 0.29) is 12.5 Å². The lowest BCUT2D eigenvalue weighted by Gasteiger charge is -2.29. The number of rotatable bonds is 7. The van der Waals surface area contributed by atoms with Crippen molar-refractivity contribution in [3.05, 3.63) is 35.9 Å². The third-order valence-corrected chi connectivity index (χ3v) is 4.91. The molecule has 0 saturated heterocycles. The Kier molecular flexibility index (Phi) is 8.45. The van der Waals surface area contributed by atoms with Crippen LogP contribution in [0.3, 0.4) is 0 Å². The minimum atomic E-state index is -1.04. The lowest BCUT2D eigenvalue weighted by molar-refractivity contribution is -0.150. The first kappa shape index (κ1) is 22.2. The molecular formula is C20H28N4O5. The summed E-state index contributed by atoms with van der Waals surface area (Å²) in [5.41, 5.74) is 5.90. The highest BCUT2D eigenvalue weighted by atomic mass is 16.5. The van der Waals surface area contributed by atoms with Crippen LogP contribution in [0.25, 0.3) is 0 Å². The summed E-state index contributed by atoms with van der Waals surface area (Å²) in [6, 6.07) is 6.46. The van der Waals surface area contributed by atoms with Crippen LogP contribution in [0.5, 0.6) is 0 Å². The summed E-state index contributed by atoms with van der Waals surface area (Å²) in [7, 11) is 0. The number of hydrogen-bond acceptors (Lipinski definition) is 5. The Morgan fingerprint density at radius 3 is 2.48 bits per heavy atom. The number of esters is 1. The highest BCUT2D eigenvalue weighted by molar-refractivity contribution is 5.96. The molecule has 0 spiro atoms. The zero-order chi connectivity index (χ0) is 21.2. The molecule has 1 aromatic rings. The van der Waals surface area contributed by atoms with Gasteiger partial charge in [-0.2, -0.15) is 0 Å². The van der Waals surface area contributed by atoms with Gasteiger partial charge in [0.2, 0.25) is 0 Å².